The highest BCUT2D eigenvalue weighted by Crippen LogP contribution is 2.42. The molecule has 128 valence electrons. The molecule has 2 aliphatic rings. The molecule has 1 aliphatic carbocycles. The first-order chi connectivity index (χ1) is 12.2. The zero-order valence-corrected chi connectivity index (χ0v) is 14.1. The molecule has 3 aromatic rings. The largest absolute Gasteiger partial charge is 0.493 e. The minimum Gasteiger partial charge on any atom is -0.493 e. The van der Waals surface area contributed by atoms with Gasteiger partial charge in [-0.15, -0.1) is 0 Å². The van der Waals surface area contributed by atoms with E-state index >= 15 is 0 Å². The van der Waals surface area contributed by atoms with Crippen molar-refractivity contribution in [1.82, 2.24) is 15.1 Å². The second kappa shape index (κ2) is 5.44. The summed E-state index contributed by atoms with van der Waals surface area (Å²) in [7, 11) is 0. The summed E-state index contributed by atoms with van der Waals surface area (Å²) in [5.41, 5.74) is 0.757. The molecule has 2 aromatic heterocycles. The summed E-state index contributed by atoms with van der Waals surface area (Å²) in [5, 5.41) is 4.16. The third kappa shape index (κ3) is 2.52. The topological polar surface area (TPSA) is 74.2 Å². The molecule has 5 rings (SSSR count). The van der Waals surface area contributed by atoms with E-state index in [0.717, 1.165) is 29.4 Å². The second-order valence-electron chi connectivity index (χ2n) is 7.06. The highest BCUT2D eigenvalue weighted by atomic mass is 16.5. The predicted octanol–water partition coefficient (Wildman–Crippen LogP) is 3.61. The van der Waals surface area contributed by atoms with Crippen LogP contribution in [-0.2, 0) is 11.8 Å². The van der Waals surface area contributed by atoms with Crippen molar-refractivity contribution in [3.8, 4) is 5.75 Å². The maximum atomic E-state index is 5.79. The van der Waals surface area contributed by atoms with Gasteiger partial charge in [-0.3, -0.25) is 0 Å². The van der Waals surface area contributed by atoms with E-state index in [1.165, 1.54) is 12.8 Å². The number of hydrogen-bond donors (Lipinski definition) is 0. The molecule has 25 heavy (non-hydrogen) atoms. The number of aromatic nitrogens is 3. The number of benzene rings is 1. The lowest BCUT2D eigenvalue weighted by Crippen LogP contribution is -2.31. The van der Waals surface area contributed by atoms with Crippen LogP contribution in [0.25, 0.3) is 0 Å². The third-order valence-electron chi connectivity index (χ3n) is 5.11. The molecule has 1 saturated carbocycles. The van der Waals surface area contributed by atoms with Crippen molar-refractivity contribution in [2.45, 2.75) is 43.9 Å². The van der Waals surface area contributed by atoms with E-state index in [0.29, 0.717) is 30.7 Å². The third-order valence-corrected chi connectivity index (χ3v) is 5.11. The molecule has 1 unspecified atom stereocenters. The number of hydrogen-bond acceptors (Lipinski definition) is 6. The van der Waals surface area contributed by atoms with Crippen molar-refractivity contribution in [1.29, 1.82) is 0 Å². The molecule has 6 nitrogen and oxygen atoms in total. The van der Waals surface area contributed by atoms with Gasteiger partial charge in [-0.1, -0.05) is 23.4 Å². The Kier molecular flexibility index (Phi) is 3.20. The van der Waals surface area contributed by atoms with Crippen LogP contribution in [0.3, 0.4) is 0 Å². The predicted molar refractivity (Wildman–Crippen MR) is 88.6 cm³/mol. The number of rotatable bonds is 4. The molecule has 0 amide bonds. The Morgan fingerprint density at radius 3 is 3.00 bits per heavy atom. The highest BCUT2D eigenvalue weighted by Gasteiger charge is 2.40. The molecule has 0 saturated heterocycles. The van der Waals surface area contributed by atoms with Crippen LogP contribution in [0.5, 0.6) is 5.75 Å². The van der Waals surface area contributed by atoms with Crippen molar-refractivity contribution < 1.29 is 13.7 Å². The van der Waals surface area contributed by atoms with Gasteiger partial charge in [0, 0.05) is 11.5 Å². The Balaban J connectivity index is 1.42. The number of oxazole rings is 1. The van der Waals surface area contributed by atoms with Gasteiger partial charge >= 0.3 is 0 Å². The van der Waals surface area contributed by atoms with Crippen LogP contribution in [-0.4, -0.2) is 21.7 Å². The molecule has 1 fully saturated rings. The number of nitrogens with zero attached hydrogens (tertiary/aromatic N) is 3. The lowest BCUT2D eigenvalue weighted by molar-refractivity contribution is 0.212. The summed E-state index contributed by atoms with van der Waals surface area (Å²) in [6, 6.07) is 8.04. The molecule has 1 aromatic carbocycles. The Morgan fingerprint density at radius 1 is 1.24 bits per heavy atom. The van der Waals surface area contributed by atoms with Gasteiger partial charge < -0.3 is 13.7 Å². The normalized spacial score (nSPS) is 22.4. The first-order valence-electron chi connectivity index (χ1n) is 8.72. The maximum Gasteiger partial charge on any atom is 0.237 e. The van der Waals surface area contributed by atoms with Crippen LogP contribution in [0.15, 0.2) is 39.4 Å². The summed E-state index contributed by atoms with van der Waals surface area (Å²) >= 11 is 0. The molecule has 0 radical (unpaired) electrons. The summed E-state index contributed by atoms with van der Waals surface area (Å²) in [5.74, 6) is 4.27. The van der Waals surface area contributed by atoms with E-state index < -0.39 is 0 Å². The second-order valence-corrected chi connectivity index (χ2v) is 7.06. The molecule has 0 bridgehead atoms. The van der Waals surface area contributed by atoms with E-state index in [9.17, 15) is 0 Å². The van der Waals surface area contributed by atoms with Gasteiger partial charge in [0.2, 0.25) is 5.89 Å². The quantitative estimate of drug-likeness (QED) is 0.724. The van der Waals surface area contributed by atoms with Gasteiger partial charge in [-0.2, -0.15) is 4.98 Å². The maximum absolute atomic E-state index is 5.79. The van der Waals surface area contributed by atoms with Crippen molar-refractivity contribution in [3.05, 3.63) is 59.4 Å². The van der Waals surface area contributed by atoms with E-state index in [-0.39, 0.29) is 5.41 Å². The van der Waals surface area contributed by atoms with Crippen molar-refractivity contribution in [2.75, 3.05) is 6.61 Å². The first-order valence-corrected chi connectivity index (χ1v) is 8.72. The standard InChI is InChI=1S/C19H19N3O3/c1-19(8-9-23-15-5-3-2-4-14(15)19)18-21-16(22-25-18)10-13-11-20-17(24-13)12-6-7-12/h2-5,11-12H,6-10H2,1H3. The van der Waals surface area contributed by atoms with E-state index in [4.69, 9.17) is 13.7 Å². The molecule has 3 heterocycles. The molecular weight excluding hydrogens is 318 g/mol. The smallest absolute Gasteiger partial charge is 0.237 e. The van der Waals surface area contributed by atoms with Gasteiger partial charge in [-0.25, -0.2) is 4.98 Å². The molecule has 0 spiro atoms. The molecule has 0 N–H and O–H groups in total. The lowest BCUT2D eigenvalue weighted by Gasteiger charge is -2.32. The van der Waals surface area contributed by atoms with Gasteiger partial charge in [-0.05, 0) is 32.3 Å². The fraction of sp³-hybridized carbons (Fsp3) is 0.421. The lowest BCUT2D eigenvalue weighted by atomic mass is 9.77. The van der Waals surface area contributed by atoms with Gasteiger partial charge in [0.15, 0.2) is 11.7 Å². The van der Waals surface area contributed by atoms with Gasteiger partial charge in [0.25, 0.3) is 0 Å². The summed E-state index contributed by atoms with van der Waals surface area (Å²) in [4.78, 5) is 8.99. The van der Waals surface area contributed by atoms with Crippen LogP contribution in [0.1, 0.15) is 61.0 Å². The van der Waals surface area contributed by atoms with E-state index in [2.05, 4.69) is 28.1 Å². The van der Waals surface area contributed by atoms with Crippen LogP contribution >= 0.6 is 0 Å². The minimum atomic E-state index is -0.333. The van der Waals surface area contributed by atoms with E-state index in [1.807, 2.05) is 18.2 Å². The number of fused-ring (bicyclic) bond motifs is 1. The number of ether oxygens (including phenoxy) is 1. The Hall–Kier alpha value is -2.63. The van der Waals surface area contributed by atoms with Crippen LogP contribution < -0.4 is 4.74 Å². The van der Waals surface area contributed by atoms with Crippen molar-refractivity contribution in [3.63, 3.8) is 0 Å². The number of para-hydroxylation sites is 1. The Labute approximate surface area is 145 Å². The molecule has 6 heteroatoms. The van der Waals surface area contributed by atoms with Crippen molar-refractivity contribution >= 4 is 0 Å². The fourth-order valence-electron chi connectivity index (χ4n) is 3.40. The zero-order chi connectivity index (χ0) is 16.9. The Bertz CT molecular complexity index is 912. The van der Waals surface area contributed by atoms with E-state index in [1.54, 1.807) is 6.20 Å². The zero-order valence-electron chi connectivity index (χ0n) is 14.1. The molecule has 1 atom stereocenters. The van der Waals surface area contributed by atoms with Gasteiger partial charge in [0.1, 0.15) is 11.5 Å². The average Bonchev–Trinajstić information content (AvgIpc) is 3.19. The van der Waals surface area contributed by atoms with Crippen LogP contribution in [0.2, 0.25) is 0 Å². The van der Waals surface area contributed by atoms with Crippen LogP contribution in [0.4, 0.5) is 0 Å². The van der Waals surface area contributed by atoms with Crippen molar-refractivity contribution in [2.24, 2.45) is 0 Å². The van der Waals surface area contributed by atoms with Crippen LogP contribution in [0, 0.1) is 0 Å². The first kappa shape index (κ1) is 14.7. The fourth-order valence-corrected chi connectivity index (χ4v) is 3.40. The summed E-state index contributed by atoms with van der Waals surface area (Å²) in [6.07, 6.45) is 5.42. The average molecular weight is 337 g/mol. The SMILES string of the molecule is CC1(c2nc(Cc3cnc(C4CC4)o3)no2)CCOc2ccccc21. The summed E-state index contributed by atoms with van der Waals surface area (Å²) in [6.45, 7) is 2.77. The molecular formula is C19H19N3O3. The summed E-state index contributed by atoms with van der Waals surface area (Å²) < 4.78 is 17.2. The highest BCUT2D eigenvalue weighted by molar-refractivity contribution is 5.44. The Morgan fingerprint density at radius 2 is 2.12 bits per heavy atom. The van der Waals surface area contributed by atoms with Gasteiger partial charge in [0.05, 0.1) is 24.6 Å². The minimum absolute atomic E-state index is 0.333. The monoisotopic (exact) mass is 337 g/mol. The molecule has 1 aliphatic heterocycles.